The van der Waals surface area contributed by atoms with E-state index in [1.165, 1.54) is 0 Å². The number of carbonyl (C=O) groups excluding carboxylic acids is 1. The third-order valence-electron chi connectivity index (χ3n) is 3.94. The molecule has 0 aromatic heterocycles. The molecule has 1 aliphatic rings. The second-order valence-corrected chi connectivity index (χ2v) is 6.37. The van der Waals surface area contributed by atoms with Gasteiger partial charge in [-0.15, -0.1) is 11.8 Å². The first-order chi connectivity index (χ1) is 10.8. The van der Waals surface area contributed by atoms with Crippen LogP contribution in [-0.4, -0.2) is 35.7 Å². The molecule has 3 rings (SSSR count). The number of carbonyl (C=O) groups is 1. The van der Waals surface area contributed by atoms with Gasteiger partial charge in [-0.2, -0.15) is 0 Å². The first kappa shape index (κ1) is 15.1. The predicted molar refractivity (Wildman–Crippen MR) is 89.6 cm³/mol. The zero-order valence-corrected chi connectivity index (χ0v) is 13.1. The van der Waals surface area contributed by atoms with Crippen molar-refractivity contribution in [3.05, 3.63) is 60.2 Å². The molecule has 2 aromatic rings. The number of hydrogen-bond acceptors (Lipinski definition) is 2. The highest BCUT2D eigenvalue weighted by atomic mass is 32.2. The zero-order chi connectivity index (χ0) is 15.4. The zero-order valence-electron chi connectivity index (χ0n) is 12.2. The highest BCUT2D eigenvalue weighted by Crippen LogP contribution is 2.31. The normalized spacial score (nSPS) is 15.8. The topological polar surface area (TPSA) is 20.3 Å². The molecule has 2 nitrogen and oxygen atoms in total. The Balaban J connectivity index is 1.97. The monoisotopic (exact) mass is 315 g/mol. The summed E-state index contributed by atoms with van der Waals surface area (Å²) in [5.74, 6) is 0.791. The fourth-order valence-corrected chi connectivity index (χ4v) is 3.73. The molecule has 0 N–H and O–H groups in total. The van der Waals surface area contributed by atoms with Gasteiger partial charge < -0.3 is 4.90 Å². The smallest absolute Gasteiger partial charge is 0.233 e. The maximum absolute atomic E-state index is 13.7. The van der Waals surface area contributed by atoms with Gasteiger partial charge in [-0.1, -0.05) is 54.6 Å². The van der Waals surface area contributed by atoms with Crippen LogP contribution in [0, 0.1) is 0 Å². The van der Waals surface area contributed by atoms with Crippen molar-refractivity contribution < 1.29 is 9.18 Å². The molecule has 1 amide bonds. The van der Waals surface area contributed by atoms with Crippen LogP contribution < -0.4 is 0 Å². The Labute approximate surface area is 134 Å². The summed E-state index contributed by atoms with van der Waals surface area (Å²) in [5.41, 5.74) is 2.73. The molecule has 1 heterocycles. The maximum atomic E-state index is 13.7. The molecule has 22 heavy (non-hydrogen) atoms. The minimum atomic E-state index is -0.713. The molecule has 0 bridgehead atoms. The van der Waals surface area contributed by atoms with Crippen LogP contribution in [0.15, 0.2) is 54.6 Å². The average molecular weight is 315 g/mol. The Hall–Kier alpha value is -1.81. The summed E-state index contributed by atoms with van der Waals surface area (Å²) in [5, 5.41) is 0. The van der Waals surface area contributed by atoms with Crippen LogP contribution >= 0.6 is 11.8 Å². The Kier molecular flexibility index (Phi) is 4.78. The molecular weight excluding hydrogens is 297 g/mol. The summed E-state index contributed by atoms with van der Waals surface area (Å²) < 4.78 is 13.7. The lowest BCUT2D eigenvalue weighted by Crippen LogP contribution is -2.33. The second kappa shape index (κ2) is 6.97. The van der Waals surface area contributed by atoms with E-state index in [4.69, 9.17) is 0 Å². The van der Waals surface area contributed by atoms with Crippen molar-refractivity contribution in [1.82, 2.24) is 4.90 Å². The number of halogens is 1. The van der Waals surface area contributed by atoms with E-state index < -0.39 is 12.6 Å². The Morgan fingerprint density at radius 2 is 1.86 bits per heavy atom. The molecule has 1 saturated heterocycles. The van der Waals surface area contributed by atoms with Crippen LogP contribution in [0.2, 0.25) is 0 Å². The van der Waals surface area contributed by atoms with E-state index in [9.17, 15) is 9.18 Å². The molecule has 1 unspecified atom stereocenters. The van der Waals surface area contributed by atoms with Crippen molar-refractivity contribution in [2.24, 2.45) is 0 Å². The van der Waals surface area contributed by atoms with Crippen LogP contribution in [0.4, 0.5) is 4.39 Å². The van der Waals surface area contributed by atoms with E-state index >= 15 is 0 Å². The molecule has 4 heteroatoms. The lowest BCUT2D eigenvalue weighted by molar-refractivity contribution is -0.131. The Morgan fingerprint density at radius 1 is 1.14 bits per heavy atom. The average Bonchev–Trinajstić information content (AvgIpc) is 3.11. The first-order valence-corrected chi connectivity index (χ1v) is 8.53. The maximum Gasteiger partial charge on any atom is 0.233 e. The van der Waals surface area contributed by atoms with E-state index in [0.717, 1.165) is 22.4 Å². The Bertz CT molecular complexity index is 641. The SMILES string of the molecule is O=C(C(CF)c1ccccc1-c1ccccc1)N1CCSC1. The summed E-state index contributed by atoms with van der Waals surface area (Å²) in [6.07, 6.45) is 0. The van der Waals surface area contributed by atoms with Gasteiger partial charge in [-0.25, -0.2) is 4.39 Å². The summed E-state index contributed by atoms with van der Waals surface area (Å²) in [6.45, 7) is 0.0529. The van der Waals surface area contributed by atoms with Crippen LogP contribution in [-0.2, 0) is 4.79 Å². The standard InChI is InChI=1S/C18H18FNOS/c19-12-17(18(21)20-10-11-22-13-20)16-9-5-4-8-15(16)14-6-2-1-3-7-14/h1-9,17H,10-13H2. The van der Waals surface area contributed by atoms with Crippen LogP contribution in [0.3, 0.4) is 0 Å². The molecule has 2 aromatic carbocycles. The minimum absolute atomic E-state index is 0.101. The summed E-state index contributed by atoms with van der Waals surface area (Å²) in [4.78, 5) is 14.4. The largest absolute Gasteiger partial charge is 0.332 e. The van der Waals surface area contributed by atoms with Gasteiger partial charge in [-0.05, 0) is 16.7 Å². The number of amides is 1. The van der Waals surface area contributed by atoms with Gasteiger partial charge in [0.15, 0.2) is 0 Å². The lowest BCUT2D eigenvalue weighted by atomic mass is 9.90. The number of rotatable bonds is 4. The molecule has 0 spiro atoms. The van der Waals surface area contributed by atoms with Crippen molar-refractivity contribution in [3.8, 4) is 11.1 Å². The number of nitrogens with zero attached hydrogens (tertiary/aromatic N) is 1. The van der Waals surface area contributed by atoms with Crippen molar-refractivity contribution >= 4 is 17.7 Å². The van der Waals surface area contributed by atoms with Crippen molar-refractivity contribution in [2.75, 3.05) is 24.8 Å². The van der Waals surface area contributed by atoms with E-state index in [1.54, 1.807) is 16.7 Å². The second-order valence-electron chi connectivity index (χ2n) is 5.30. The highest BCUT2D eigenvalue weighted by molar-refractivity contribution is 7.99. The van der Waals surface area contributed by atoms with E-state index in [1.807, 2.05) is 54.6 Å². The van der Waals surface area contributed by atoms with E-state index in [-0.39, 0.29) is 5.91 Å². The predicted octanol–water partition coefficient (Wildman–Crippen LogP) is 3.94. The summed E-state index contributed by atoms with van der Waals surface area (Å²) in [7, 11) is 0. The quantitative estimate of drug-likeness (QED) is 0.852. The van der Waals surface area contributed by atoms with E-state index in [0.29, 0.717) is 12.4 Å². The molecule has 1 aliphatic heterocycles. The molecule has 0 aliphatic carbocycles. The lowest BCUT2D eigenvalue weighted by Gasteiger charge is -2.23. The van der Waals surface area contributed by atoms with Gasteiger partial charge in [0.25, 0.3) is 0 Å². The fourth-order valence-electron chi connectivity index (χ4n) is 2.77. The van der Waals surface area contributed by atoms with Gasteiger partial charge in [0.1, 0.15) is 6.67 Å². The van der Waals surface area contributed by atoms with Crippen LogP contribution in [0.25, 0.3) is 11.1 Å². The van der Waals surface area contributed by atoms with Gasteiger partial charge in [0.2, 0.25) is 5.91 Å². The fraction of sp³-hybridized carbons (Fsp3) is 0.278. The number of hydrogen-bond donors (Lipinski definition) is 0. The summed E-state index contributed by atoms with van der Waals surface area (Å²) in [6, 6.07) is 17.5. The Morgan fingerprint density at radius 3 is 2.55 bits per heavy atom. The van der Waals surface area contributed by atoms with Crippen molar-refractivity contribution in [1.29, 1.82) is 0 Å². The van der Waals surface area contributed by atoms with Gasteiger partial charge in [-0.3, -0.25) is 4.79 Å². The van der Waals surface area contributed by atoms with Crippen molar-refractivity contribution in [2.45, 2.75) is 5.92 Å². The molecule has 1 fully saturated rings. The molecule has 0 saturated carbocycles. The number of thioether (sulfide) groups is 1. The van der Waals surface area contributed by atoms with Gasteiger partial charge in [0, 0.05) is 12.3 Å². The first-order valence-electron chi connectivity index (χ1n) is 7.38. The van der Waals surface area contributed by atoms with Crippen LogP contribution in [0.1, 0.15) is 11.5 Å². The summed E-state index contributed by atoms with van der Waals surface area (Å²) >= 11 is 1.72. The molecule has 114 valence electrons. The molecular formula is C18H18FNOS. The van der Waals surface area contributed by atoms with Crippen LogP contribution in [0.5, 0.6) is 0 Å². The minimum Gasteiger partial charge on any atom is -0.332 e. The third-order valence-corrected chi connectivity index (χ3v) is 4.90. The van der Waals surface area contributed by atoms with Gasteiger partial charge >= 0.3 is 0 Å². The third kappa shape index (κ3) is 3.02. The number of alkyl halides is 1. The molecule has 0 radical (unpaired) electrons. The molecule has 1 atom stereocenters. The van der Waals surface area contributed by atoms with Crippen molar-refractivity contribution in [3.63, 3.8) is 0 Å². The van der Waals surface area contributed by atoms with Gasteiger partial charge in [0.05, 0.1) is 11.8 Å². The highest BCUT2D eigenvalue weighted by Gasteiger charge is 2.29. The number of benzene rings is 2. The van der Waals surface area contributed by atoms with E-state index in [2.05, 4.69) is 0 Å².